The predicted molar refractivity (Wildman–Crippen MR) is 39.4 cm³/mol. The average molecular weight is 104 g/mol. The summed E-state index contributed by atoms with van der Waals surface area (Å²) in [4.78, 5) is 0. The predicted octanol–water partition coefficient (Wildman–Crippen LogP) is 0.253. The highest BCUT2D eigenvalue weighted by Gasteiger charge is 1.83. The van der Waals surface area contributed by atoms with Crippen molar-refractivity contribution in [1.82, 2.24) is 0 Å². The van der Waals surface area contributed by atoms with Gasteiger partial charge in [-0.25, -0.2) is 0 Å². The van der Waals surface area contributed by atoms with Gasteiger partial charge in [0.2, 0.25) is 0 Å². The molecule has 0 aromatic heterocycles. The summed E-state index contributed by atoms with van der Waals surface area (Å²) in [5, 5.41) is 0. The fourth-order valence-electron chi connectivity index (χ4n) is 0.663. The molecule has 0 aliphatic rings. The minimum Gasteiger partial charge on any atom is -0.0861 e. The maximum atomic E-state index is 2.12. The zero-order chi connectivity index (χ0) is 5.98. The van der Waals surface area contributed by atoms with Gasteiger partial charge in [0.05, 0.1) is 0 Å². The minimum atomic E-state index is 1.37. The molecule has 1 aromatic rings. The van der Waals surface area contributed by atoms with Gasteiger partial charge in [-0.2, -0.15) is 0 Å². The van der Waals surface area contributed by atoms with E-state index in [9.17, 15) is 0 Å². The van der Waals surface area contributed by atoms with Crippen LogP contribution in [0.4, 0.5) is 0 Å². The van der Waals surface area contributed by atoms with Crippen LogP contribution in [-0.4, -0.2) is 7.85 Å². The molecular formula is C7H9B. The molecule has 0 nitrogen and oxygen atoms in total. The van der Waals surface area contributed by atoms with E-state index >= 15 is 0 Å². The Balaban J connectivity index is 3.13. The van der Waals surface area contributed by atoms with E-state index in [1.807, 2.05) is 0 Å². The molecule has 8 heavy (non-hydrogen) atoms. The summed E-state index contributed by atoms with van der Waals surface area (Å²) in [5.41, 5.74) is 2.74. The topological polar surface area (TPSA) is 0 Å². The Bertz CT molecular complexity index is 160. The summed E-state index contributed by atoms with van der Waals surface area (Å²) in [5.74, 6) is 0. The number of rotatable bonds is 0. The highest BCUT2D eigenvalue weighted by molar-refractivity contribution is 6.33. The maximum Gasteiger partial charge on any atom is 0.139 e. The van der Waals surface area contributed by atoms with Crippen molar-refractivity contribution in [3.8, 4) is 0 Å². The van der Waals surface area contributed by atoms with Gasteiger partial charge >= 0.3 is 0 Å². The van der Waals surface area contributed by atoms with Gasteiger partial charge in [-0.15, -0.1) is 0 Å². The molecule has 40 valence electrons. The third kappa shape index (κ3) is 0.917. The lowest BCUT2D eigenvalue weighted by Crippen LogP contribution is -2.04. The van der Waals surface area contributed by atoms with E-state index in [-0.39, 0.29) is 0 Å². The van der Waals surface area contributed by atoms with Crippen LogP contribution in [0.5, 0.6) is 0 Å². The molecule has 0 atom stereocenters. The van der Waals surface area contributed by atoms with Crippen molar-refractivity contribution in [3.05, 3.63) is 29.8 Å². The summed E-state index contributed by atoms with van der Waals surface area (Å²) in [6, 6.07) is 8.36. The van der Waals surface area contributed by atoms with Crippen LogP contribution >= 0.6 is 0 Å². The van der Waals surface area contributed by atoms with Crippen LogP contribution in [0, 0.1) is 6.92 Å². The van der Waals surface area contributed by atoms with Crippen LogP contribution < -0.4 is 5.46 Å². The first-order chi connectivity index (χ1) is 3.80. The molecule has 0 aliphatic carbocycles. The molecule has 0 saturated carbocycles. The van der Waals surface area contributed by atoms with Crippen molar-refractivity contribution >= 4 is 13.3 Å². The van der Waals surface area contributed by atoms with Crippen LogP contribution in [0.25, 0.3) is 0 Å². The van der Waals surface area contributed by atoms with Gasteiger partial charge < -0.3 is 0 Å². The number of aryl methyl sites for hydroxylation is 1. The van der Waals surface area contributed by atoms with Crippen LogP contribution in [0.2, 0.25) is 0 Å². The van der Waals surface area contributed by atoms with E-state index in [2.05, 4.69) is 39.0 Å². The van der Waals surface area contributed by atoms with E-state index in [0.717, 1.165) is 0 Å². The van der Waals surface area contributed by atoms with E-state index in [0.29, 0.717) is 0 Å². The Morgan fingerprint density at radius 3 is 2.25 bits per heavy atom. The Morgan fingerprint density at radius 1 is 1.25 bits per heavy atom. The second kappa shape index (κ2) is 2.04. The quantitative estimate of drug-likeness (QED) is 0.414. The zero-order valence-electron chi connectivity index (χ0n) is 5.31. The highest BCUT2D eigenvalue weighted by atomic mass is 13.8. The van der Waals surface area contributed by atoms with Crippen molar-refractivity contribution in [2.45, 2.75) is 6.92 Å². The lowest BCUT2D eigenvalue weighted by Gasteiger charge is -1.93. The van der Waals surface area contributed by atoms with Crippen molar-refractivity contribution < 1.29 is 0 Å². The first-order valence-corrected chi connectivity index (χ1v) is 2.83. The molecule has 1 heteroatoms. The van der Waals surface area contributed by atoms with Gasteiger partial charge in [-0.1, -0.05) is 35.3 Å². The molecular weight excluding hydrogens is 94.9 g/mol. The summed E-state index contributed by atoms with van der Waals surface area (Å²) >= 11 is 0. The Morgan fingerprint density at radius 2 is 1.88 bits per heavy atom. The van der Waals surface area contributed by atoms with Gasteiger partial charge in [-0.3, -0.25) is 0 Å². The fourth-order valence-corrected chi connectivity index (χ4v) is 0.663. The van der Waals surface area contributed by atoms with Crippen molar-refractivity contribution in [2.75, 3.05) is 0 Å². The molecule has 1 aromatic carbocycles. The van der Waals surface area contributed by atoms with E-state index in [1.54, 1.807) is 0 Å². The normalized spacial score (nSPS) is 9.12. The second-order valence-electron chi connectivity index (χ2n) is 2.08. The van der Waals surface area contributed by atoms with Crippen LogP contribution in [0.15, 0.2) is 24.3 Å². The summed E-state index contributed by atoms with van der Waals surface area (Å²) in [6.45, 7) is 2.12. The van der Waals surface area contributed by atoms with Crippen LogP contribution in [-0.2, 0) is 0 Å². The third-order valence-electron chi connectivity index (χ3n) is 1.43. The maximum absolute atomic E-state index is 2.12. The van der Waals surface area contributed by atoms with Gasteiger partial charge in [-0.05, 0) is 6.92 Å². The summed E-state index contributed by atoms with van der Waals surface area (Å²) in [7, 11) is 2.12. The molecule has 0 aliphatic heterocycles. The number of hydrogen-bond acceptors (Lipinski definition) is 0. The largest absolute Gasteiger partial charge is 0.139 e. The monoisotopic (exact) mass is 104 g/mol. The number of benzene rings is 1. The van der Waals surface area contributed by atoms with Gasteiger partial charge in [0.1, 0.15) is 7.85 Å². The lowest BCUT2D eigenvalue weighted by molar-refractivity contribution is 1.52. The molecule has 0 amide bonds. The van der Waals surface area contributed by atoms with E-state index in [4.69, 9.17) is 0 Å². The molecule has 0 heterocycles. The van der Waals surface area contributed by atoms with Crippen molar-refractivity contribution in [3.63, 3.8) is 0 Å². The Kier molecular flexibility index (Phi) is 1.38. The molecule has 0 unspecified atom stereocenters. The molecule has 0 fully saturated rings. The molecule has 0 spiro atoms. The van der Waals surface area contributed by atoms with Gasteiger partial charge in [0, 0.05) is 0 Å². The smallest absolute Gasteiger partial charge is 0.0861 e. The second-order valence-corrected chi connectivity index (χ2v) is 2.08. The van der Waals surface area contributed by atoms with Gasteiger partial charge in [0.25, 0.3) is 0 Å². The highest BCUT2D eigenvalue weighted by Crippen LogP contribution is 1.88. The first-order valence-electron chi connectivity index (χ1n) is 2.83. The van der Waals surface area contributed by atoms with Crippen LogP contribution in [0.3, 0.4) is 0 Å². The third-order valence-corrected chi connectivity index (χ3v) is 1.43. The Hall–Kier alpha value is -0.715. The SMILES string of the molecule is Bc1ccccc1C. The molecule has 0 radical (unpaired) electrons. The first kappa shape index (κ1) is 5.42. The van der Waals surface area contributed by atoms with Gasteiger partial charge in [0.15, 0.2) is 0 Å². The Labute approximate surface area is 50.9 Å². The van der Waals surface area contributed by atoms with E-state index in [1.165, 1.54) is 11.0 Å². The zero-order valence-corrected chi connectivity index (χ0v) is 5.31. The standard InChI is InChI=1S/C7H9B/c1-6-4-2-3-5-7(6)8/h2-5H,8H2,1H3. The average Bonchev–Trinajstić information content (AvgIpc) is 1.77. The molecule has 0 saturated heterocycles. The van der Waals surface area contributed by atoms with Crippen molar-refractivity contribution in [2.24, 2.45) is 0 Å². The minimum absolute atomic E-state index is 1.37. The molecule has 1 rings (SSSR count). The molecule has 0 N–H and O–H groups in total. The summed E-state index contributed by atoms with van der Waals surface area (Å²) in [6.07, 6.45) is 0. The number of hydrogen-bond donors (Lipinski definition) is 0. The van der Waals surface area contributed by atoms with Crippen molar-refractivity contribution in [1.29, 1.82) is 0 Å². The summed E-state index contributed by atoms with van der Waals surface area (Å²) < 4.78 is 0. The lowest BCUT2D eigenvalue weighted by atomic mass is 9.92. The molecule has 0 bridgehead atoms. The van der Waals surface area contributed by atoms with E-state index < -0.39 is 0 Å². The fraction of sp³-hybridized carbons (Fsp3) is 0.143. The van der Waals surface area contributed by atoms with Crippen LogP contribution in [0.1, 0.15) is 5.56 Å².